The largest absolute Gasteiger partial charge is 0.573 e. The Morgan fingerprint density at radius 2 is 1.78 bits per heavy atom. The number of hydrogen-bond donors (Lipinski definition) is 0. The quantitative estimate of drug-likeness (QED) is 0.364. The van der Waals surface area contributed by atoms with Gasteiger partial charge in [0.1, 0.15) is 22.1 Å². The minimum absolute atomic E-state index is 0.0218. The highest BCUT2D eigenvalue weighted by Gasteiger charge is 2.31. The number of rotatable bonds is 7. The number of aryl methyl sites for hydroxylation is 1. The molecule has 0 amide bonds. The second-order valence-electron chi connectivity index (χ2n) is 5.47. The Labute approximate surface area is 168 Å². The Balaban J connectivity index is 2.36. The molecule has 0 atom stereocenters. The fraction of sp³-hybridized carbons (Fsp3) is 0.294. The molecule has 0 aromatic heterocycles. The highest BCUT2D eigenvalue weighted by Crippen LogP contribution is 2.35. The standard InChI is InChI=1S/C17H16F3IO5S/c1-3-8-24-27(22,23)16-7-4-11(2)9-15(16)25-14-6-5-12(10-13(14)21)26-17(18,19)20/h4-7,9-10H,3,8H2,1-2H3. The number of alkyl halides is 3. The average Bonchev–Trinajstić information content (AvgIpc) is 2.54. The van der Waals surface area contributed by atoms with E-state index in [2.05, 4.69) is 4.74 Å². The summed E-state index contributed by atoms with van der Waals surface area (Å²) in [5, 5.41) is 0. The molecular formula is C17H16F3IO5S. The molecular weight excluding hydrogens is 500 g/mol. The van der Waals surface area contributed by atoms with Gasteiger partial charge in [-0.25, -0.2) is 0 Å². The maximum atomic E-state index is 12.4. The van der Waals surface area contributed by atoms with Crippen molar-refractivity contribution in [3.8, 4) is 17.2 Å². The molecule has 0 saturated carbocycles. The maximum Gasteiger partial charge on any atom is 0.573 e. The van der Waals surface area contributed by atoms with Crippen molar-refractivity contribution in [2.24, 2.45) is 0 Å². The van der Waals surface area contributed by atoms with Crippen molar-refractivity contribution in [2.45, 2.75) is 31.5 Å². The van der Waals surface area contributed by atoms with Crippen molar-refractivity contribution in [2.75, 3.05) is 6.61 Å². The third kappa shape index (κ3) is 6.25. The van der Waals surface area contributed by atoms with E-state index in [0.29, 0.717) is 9.99 Å². The number of ether oxygens (including phenoxy) is 2. The van der Waals surface area contributed by atoms with Gasteiger partial charge in [0.15, 0.2) is 0 Å². The lowest BCUT2D eigenvalue weighted by molar-refractivity contribution is -0.274. The van der Waals surface area contributed by atoms with Gasteiger partial charge in [-0.3, -0.25) is 4.18 Å². The van der Waals surface area contributed by atoms with Gasteiger partial charge < -0.3 is 9.47 Å². The van der Waals surface area contributed by atoms with Crippen molar-refractivity contribution >= 4 is 32.7 Å². The van der Waals surface area contributed by atoms with Crippen molar-refractivity contribution < 1.29 is 35.2 Å². The normalized spacial score (nSPS) is 12.1. The molecule has 0 N–H and O–H groups in total. The number of hydrogen-bond acceptors (Lipinski definition) is 5. The molecule has 0 fully saturated rings. The van der Waals surface area contributed by atoms with E-state index in [1.807, 2.05) is 0 Å². The molecule has 0 aliphatic heterocycles. The van der Waals surface area contributed by atoms with Gasteiger partial charge in [0.2, 0.25) is 0 Å². The summed E-state index contributed by atoms with van der Waals surface area (Å²) in [4.78, 5) is -0.159. The van der Waals surface area contributed by atoms with Gasteiger partial charge in [0.05, 0.1) is 10.2 Å². The summed E-state index contributed by atoms with van der Waals surface area (Å²) in [5.74, 6) is -0.196. The van der Waals surface area contributed by atoms with E-state index >= 15 is 0 Å². The first-order chi connectivity index (χ1) is 12.5. The van der Waals surface area contributed by atoms with Gasteiger partial charge >= 0.3 is 16.5 Å². The molecule has 27 heavy (non-hydrogen) atoms. The Bertz CT molecular complexity index is 913. The van der Waals surface area contributed by atoms with Gasteiger partial charge in [-0.05, 0) is 71.8 Å². The van der Waals surface area contributed by atoms with E-state index in [0.717, 1.165) is 17.7 Å². The molecule has 0 heterocycles. The van der Waals surface area contributed by atoms with Crippen LogP contribution < -0.4 is 9.47 Å². The second kappa shape index (κ2) is 8.65. The van der Waals surface area contributed by atoms with Crippen LogP contribution in [0.25, 0.3) is 0 Å². The summed E-state index contributed by atoms with van der Waals surface area (Å²) < 4.78 is 76.4. The Hall–Kier alpha value is -1.53. The highest BCUT2D eigenvalue weighted by atomic mass is 127. The second-order valence-corrected chi connectivity index (χ2v) is 8.21. The fourth-order valence-electron chi connectivity index (χ4n) is 2.04. The van der Waals surface area contributed by atoms with Crippen LogP contribution in [-0.2, 0) is 14.3 Å². The Morgan fingerprint density at radius 3 is 2.37 bits per heavy atom. The van der Waals surface area contributed by atoms with Crippen molar-refractivity contribution in [3.05, 3.63) is 45.5 Å². The molecule has 2 rings (SSSR count). The Morgan fingerprint density at radius 1 is 1.07 bits per heavy atom. The Kier molecular flexibility index (Phi) is 6.98. The monoisotopic (exact) mass is 516 g/mol. The lowest BCUT2D eigenvalue weighted by Crippen LogP contribution is -2.17. The molecule has 0 bridgehead atoms. The fourth-order valence-corrected chi connectivity index (χ4v) is 3.73. The molecule has 5 nitrogen and oxygen atoms in total. The van der Waals surface area contributed by atoms with Crippen LogP contribution in [0.4, 0.5) is 13.2 Å². The van der Waals surface area contributed by atoms with E-state index in [1.54, 1.807) is 42.5 Å². The van der Waals surface area contributed by atoms with Crippen LogP contribution in [0.15, 0.2) is 41.3 Å². The first-order valence-corrected chi connectivity index (χ1v) is 10.2. The number of benzene rings is 2. The third-order valence-corrected chi connectivity index (χ3v) is 5.36. The molecule has 10 heteroatoms. The SMILES string of the molecule is CCCOS(=O)(=O)c1ccc(C)cc1Oc1ccc(OC(F)(F)F)cc1I. The van der Waals surface area contributed by atoms with E-state index in [4.69, 9.17) is 8.92 Å². The van der Waals surface area contributed by atoms with Crippen molar-refractivity contribution in [1.82, 2.24) is 0 Å². The summed E-state index contributed by atoms with van der Waals surface area (Å²) in [7, 11) is -4.04. The highest BCUT2D eigenvalue weighted by molar-refractivity contribution is 14.1. The van der Waals surface area contributed by atoms with Crippen LogP contribution in [0.1, 0.15) is 18.9 Å². The molecule has 0 unspecified atom stereocenters. The zero-order valence-corrected chi connectivity index (χ0v) is 17.3. The van der Waals surface area contributed by atoms with Crippen LogP contribution in [-0.4, -0.2) is 21.4 Å². The van der Waals surface area contributed by atoms with Gasteiger partial charge in [-0.2, -0.15) is 8.42 Å². The molecule has 0 aliphatic carbocycles. The average molecular weight is 516 g/mol. The first kappa shape index (κ1) is 21.8. The van der Waals surface area contributed by atoms with Crippen LogP contribution in [0.3, 0.4) is 0 Å². The summed E-state index contributed by atoms with van der Waals surface area (Å²) in [6.07, 6.45) is -4.29. The summed E-state index contributed by atoms with van der Waals surface area (Å²) >= 11 is 1.78. The lowest BCUT2D eigenvalue weighted by Gasteiger charge is -2.15. The minimum Gasteiger partial charge on any atom is -0.455 e. The predicted molar refractivity (Wildman–Crippen MR) is 101 cm³/mol. The van der Waals surface area contributed by atoms with Gasteiger partial charge in [-0.1, -0.05) is 13.0 Å². The van der Waals surface area contributed by atoms with E-state index in [9.17, 15) is 21.6 Å². The minimum atomic E-state index is -4.81. The smallest absolute Gasteiger partial charge is 0.455 e. The van der Waals surface area contributed by atoms with Gasteiger partial charge in [0.25, 0.3) is 0 Å². The van der Waals surface area contributed by atoms with E-state index in [1.165, 1.54) is 18.2 Å². The van der Waals surface area contributed by atoms with E-state index < -0.39 is 22.2 Å². The van der Waals surface area contributed by atoms with Crippen LogP contribution in [0.2, 0.25) is 0 Å². The van der Waals surface area contributed by atoms with Crippen molar-refractivity contribution in [3.63, 3.8) is 0 Å². The molecule has 0 saturated heterocycles. The van der Waals surface area contributed by atoms with Crippen LogP contribution in [0, 0.1) is 10.5 Å². The zero-order chi connectivity index (χ0) is 20.2. The lowest BCUT2D eigenvalue weighted by atomic mass is 10.2. The molecule has 0 spiro atoms. The van der Waals surface area contributed by atoms with Gasteiger partial charge in [-0.15, -0.1) is 13.2 Å². The number of halogens is 4. The first-order valence-electron chi connectivity index (χ1n) is 7.75. The van der Waals surface area contributed by atoms with E-state index in [-0.39, 0.29) is 23.0 Å². The molecule has 0 radical (unpaired) electrons. The predicted octanol–water partition coefficient (Wildman–Crippen LogP) is 5.41. The maximum absolute atomic E-state index is 12.4. The summed E-state index contributed by atoms with van der Waals surface area (Å²) in [6, 6.07) is 7.97. The van der Waals surface area contributed by atoms with Gasteiger partial charge in [0, 0.05) is 0 Å². The van der Waals surface area contributed by atoms with Crippen molar-refractivity contribution in [1.29, 1.82) is 0 Å². The summed E-state index contributed by atoms with van der Waals surface area (Å²) in [6.45, 7) is 3.55. The van der Waals surface area contributed by atoms with Crippen LogP contribution >= 0.6 is 22.6 Å². The topological polar surface area (TPSA) is 61.8 Å². The molecule has 0 aliphatic rings. The third-order valence-electron chi connectivity index (χ3n) is 3.17. The molecule has 2 aromatic carbocycles. The zero-order valence-electron chi connectivity index (χ0n) is 14.3. The molecule has 148 valence electrons. The van der Waals surface area contributed by atoms with Crippen LogP contribution in [0.5, 0.6) is 17.2 Å². The summed E-state index contributed by atoms with van der Waals surface area (Å²) in [5.41, 5.74) is 0.742. The molecule has 2 aromatic rings.